The van der Waals surface area contributed by atoms with Crippen molar-refractivity contribution in [2.75, 3.05) is 6.61 Å². The number of hydrogen-bond acceptors (Lipinski definition) is 10. The lowest BCUT2D eigenvalue weighted by atomic mass is 10.1. The SMILES string of the molecule is CC(O)C(=O)O[C@@H]1[C@H](O)[C@@H](COP(=O)(O)O)O[C@H]1n1cnc2c(=O)[nH]cnc21. The summed E-state index contributed by atoms with van der Waals surface area (Å²) < 4.78 is 27.1. The van der Waals surface area contributed by atoms with Gasteiger partial charge in [0, 0.05) is 0 Å². The number of aliphatic hydroxyl groups is 2. The lowest BCUT2D eigenvalue weighted by Gasteiger charge is -2.22. The van der Waals surface area contributed by atoms with Crippen LogP contribution in [0.15, 0.2) is 17.4 Å². The van der Waals surface area contributed by atoms with Gasteiger partial charge < -0.3 is 34.5 Å². The molecule has 1 unspecified atom stereocenters. The number of aliphatic hydroxyl groups excluding tert-OH is 2. The zero-order valence-corrected chi connectivity index (χ0v) is 15.2. The summed E-state index contributed by atoms with van der Waals surface area (Å²) >= 11 is 0. The number of nitrogens with one attached hydrogen (secondary N) is 1. The van der Waals surface area contributed by atoms with Crippen LogP contribution in [0.1, 0.15) is 13.2 Å². The standard InChI is InChI=1S/C13H17N4O10P/c1-5(18)13(21)27-9-8(19)6(2-25-28(22,23)24)26-12(9)17-4-16-7-10(17)14-3-15-11(7)20/h3-6,8-9,12,18-19H,2H2,1H3,(H,14,15,20)(H2,22,23,24)/t5?,6-,8-,9-,12-/m1/s1. The summed E-state index contributed by atoms with van der Waals surface area (Å²) in [4.78, 5) is 51.5. The van der Waals surface area contributed by atoms with Crippen LogP contribution in [-0.4, -0.2) is 76.5 Å². The fourth-order valence-electron chi connectivity index (χ4n) is 2.66. The van der Waals surface area contributed by atoms with Gasteiger partial charge in [0.2, 0.25) is 0 Å². The van der Waals surface area contributed by atoms with E-state index < -0.39 is 56.6 Å². The Morgan fingerprint density at radius 1 is 1.46 bits per heavy atom. The average Bonchev–Trinajstić information content (AvgIpc) is 3.15. The van der Waals surface area contributed by atoms with Crippen molar-refractivity contribution in [3.05, 3.63) is 23.0 Å². The number of imidazole rings is 1. The number of hydrogen-bond donors (Lipinski definition) is 5. The zero-order valence-electron chi connectivity index (χ0n) is 14.3. The lowest BCUT2D eigenvalue weighted by Crippen LogP contribution is -2.39. The molecule has 0 saturated carbocycles. The number of esters is 1. The molecule has 0 aliphatic carbocycles. The maximum atomic E-state index is 11.8. The van der Waals surface area contributed by atoms with Crippen LogP contribution < -0.4 is 5.56 Å². The van der Waals surface area contributed by atoms with Crippen LogP contribution in [-0.2, 0) is 23.4 Å². The molecule has 1 aliphatic heterocycles. The predicted molar refractivity (Wildman–Crippen MR) is 87.6 cm³/mol. The van der Waals surface area contributed by atoms with E-state index in [-0.39, 0.29) is 11.2 Å². The molecule has 3 heterocycles. The molecule has 2 aromatic rings. The van der Waals surface area contributed by atoms with Crippen molar-refractivity contribution in [3.8, 4) is 0 Å². The molecule has 0 amide bonds. The average molecular weight is 420 g/mol. The van der Waals surface area contributed by atoms with Crippen molar-refractivity contribution in [2.45, 2.75) is 37.6 Å². The molecule has 1 fully saturated rings. The van der Waals surface area contributed by atoms with Crippen LogP contribution in [0.4, 0.5) is 0 Å². The second-order valence-electron chi connectivity index (χ2n) is 5.98. The van der Waals surface area contributed by atoms with E-state index in [1.54, 1.807) is 0 Å². The van der Waals surface area contributed by atoms with Gasteiger partial charge in [-0.15, -0.1) is 0 Å². The van der Waals surface area contributed by atoms with Crippen molar-refractivity contribution >= 4 is 25.0 Å². The highest BCUT2D eigenvalue weighted by molar-refractivity contribution is 7.46. The van der Waals surface area contributed by atoms with Crippen molar-refractivity contribution in [2.24, 2.45) is 0 Å². The van der Waals surface area contributed by atoms with Crippen LogP contribution in [0.3, 0.4) is 0 Å². The number of aromatic amines is 1. The number of nitrogens with zero attached hydrogens (tertiary/aromatic N) is 3. The second kappa shape index (κ2) is 7.67. The second-order valence-corrected chi connectivity index (χ2v) is 7.21. The van der Waals surface area contributed by atoms with E-state index in [2.05, 4.69) is 19.5 Å². The van der Waals surface area contributed by atoms with Crippen LogP contribution in [0.25, 0.3) is 11.2 Å². The van der Waals surface area contributed by atoms with Crippen LogP contribution >= 0.6 is 7.82 Å². The zero-order chi connectivity index (χ0) is 20.6. The van der Waals surface area contributed by atoms with Gasteiger partial charge in [0.1, 0.15) is 18.3 Å². The lowest BCUT2D eigenvalue weighted by molar-refractivity contribution is -0.167. The smallest absolute Gasteiger partial charge is 0.453 e. The molecule has 3 rings (SSSR count). The Balaban J connectivity index is 1.95. The van der Waals surface area contributed by atoms with Gasteiger partial charge in [-0.1, -0.05) is 0 Å². The highest BCUT2D eigenvalue weighted by atomic mass is 31.2. The van der Waals surface area contributed by atoms with Gasteiger partial charge in [-0.05, 0) is 6.92 Å². The Morgan fingerprint density at radius 2 is 2.18 bits per heavy atom. The summed E-state index contributed by atoms with van der Waals surface area (Å²) in [6.45, 7) is 0.437. The third-order valence-corrected chi connectivity index (χ3v) is 4.44. The third kappa shape index (κ3) is 4.12. The van der Waals surface area contributed by atoms with E-state index in [9.17, 15) is 24.4 Å². The Kier molecular flexibility index (Phi) is 5.63. The number of carbonyl (C=O) groups excluding carboxylic acids is 1. The normalized spacial score (nSPS) is 26.5. The van der Waals surface area contributed by atoms with Crippen LogP contribution in [0.5, 0.6) is 0 Å². The molecule has 1 saturated heterocycles. The molecule has 14 nitrogen and oxygen atoms in total. The summed E-state index contributed by atoms with van der Waals surface area (Å²) in [5, 5.41) is 19.8. The van der Waals surface area contributed by atoms with Gasteiger partial charge in [0.15, 0.2) is 23.5 Å². The minimum absolute atomic E-state index is 0.0453. The van der Waals surface area contributed by atoms with Crippen molar-refractivity contribution < 1.29 is 43.4 Å². The van der Waals surface area contributed by atoms with Gasteiger partial charge >= 0.3 is 13.8 Å². The van der Waals surface area contributed by atoms with E-state index in [4.69, 9.17) is 19.3 Å². The fraction of sp³-hybridized carbons (Fsp3) is 0.538. The van der Waals surface area contributed by atoms with Gasteiger partial charge in [-0.2, -0.15) is 0 Å². The van der Waals surface area contributed by atoms with Gasteiger partial charge in [-0.3, -0.25) is 13.9 Å². The Morgan fingerprint density at radius 3 is 2.82 bits per heavy atom. The van der Waals surface area contributed by atoms with Gasteiger partial charge in [0.05, 0.1) is 19.3 Å². The summed E-state index contributed by atoms with van der Waals surface area (Å²) in [6.07, 6.45) is -4.77. The maximum Gasteiger partial charge on any atom is 0.469 e. The monoisotopic (exact) mass is 420 g/mol. The fourth-order valence-corrected chi connectivity index (χ4v) is 3.00. The number of fused-ring (bicyclic) bond motifs is 1. The third-order valence-electron chi connectivity index (χ3n) is 3.95. The van der Waals surface area contributed by atoms with Crippen LogP contribution in [0, 0.1) is 0 Å². The van der Waals surface area contributed by atoms with Crippen molar-refractivity contribution in [1.82, 2.24) is 19.5 Å². The number of carbonyl (C=O) groups is 1. The Labute approximate surface area is 155 Å². The first kappa shape index (κ1) is 20.5. The quantitative estimate of drug-likeness (QED) is 0.249. The first-order chi connectivity index (χ1) is 13.1. The minimum Gasteiger partial charge on any atom is -0.453 e. The van der Waals surface area contributed by atoms with E-state index in [0.29, 0.717) is 0 Å². The molecule has 2 aromatic heterocycles. The minimum atomic E-state index is -4.85. The molecule has 154 valence electrons. The first-order valence-corrected chi connectivity index (χ1v) is 9.44. The topological polar surface area (TPSA) is 206 Å². The molecular formula is C13H17N4O10P. The van der Waals surface area contributed by atoms with Gasteiger partial charge in [-0.25, -0.2) is 19.3 Å². The molecule has 15 heteroatoms. The molecule has 5 N–H and O–H groups in total. The molecule has 28 heavy (non-hydrogen) atoms. The van der Waals surface area contributed by atoms with E-state index in [1.807, 2.05) is 0 Å². The molecule has 5 atom stereocenters. The number of phosphoric ester groups is 1. The summed E-state index contributed by atoms with van der Waals surface area (Å²) in [7, 11) is -4.85. The summed E-state index contributed by atoms with van der Waals surface area (Å²) in [5.41, 5.74) is -0.534. The van der Waals surface area contributed by atoms with E-state index >= 15 is 0 Å². The number of ether oxygens (including phenoxy) is 2. The number of H-pyrrole nitrogens is 1. The largest absolute Gasteiger partial charge is 0.469 e. The molecule has 1 aliphatic rings. The molecule has 0 radical (unpaired) electrons. The number of aromatic nitrogens is 4. The summed E-state index contributed by atoms with van der Waals surface area (Å²) in [5.74, 6) is -1.07. The predicted octanol–water partition coefficient (Wildman–Crippen LogP) is -2.22. The first-order valence-electron chi connectivity index (χ1n) is 7.91. The van der Waals surface area contributed by atoms with Gasteiger partial charge in [0.25, 0.3) is 5.56 Å². The molecule has 0 bridgehead atoms. The summed E-state index contributed by atoms with van der Waals surface area (Å²) in [6, 6.07) is 0. The highest BCUT2D eigenvalue weighted by Crippen LogP contribution is 2.39. The Bertz CT molecular complexity index is 968. The molecule has 0 spiro atoms. The van der Waals surface area contributed by atoms with E-state index in [1.165, 1.54) is 10.9 Å². The molecule has 0 aromatic carbocycles. The van der Waals surface area contributed by atoms with Crippen molar-refractivity contribution in [3.63, 3.8) is 0 Å². The maximum absolute atomic E-state index is 11.8. The molecular weight excluding hydrogens is 403 g/mol. The number of rotatable bonds is 6. The Hall–Kier alpha value is -2.19. The van der Waals surface area contributed by atoms with E-state index in [0.717, 1.165) is 13.3 Å². The van der Waals surface area contributed by atoms with Crippen LogP contribution in [0.2, 0.25) is 0 Å². The number of phosphoric acid groups is 1. The van der Waals surface area contributed by atoms with Crippen molar-refractivity contribution in [1.29, 1.82) is 0 Å². The highest BCUT2D eigenvalue weighted by Gasteiger charge is 2.48.